The smallest absolute Gasteiger partial charge is 0.334 e. The summed E-state index contributed by atoms with van der Waals surface area (Å²) in [5.41, 5.74) is 0.747. The molecule has 0 aromatic carbocycles. The molecule has 0 aromatic rings. The molecular weight excluding hydrogens is 432 g/mol. The van der Waals surface area contributed by atoms with E-state index in [-0.39, 0.29) is 40.8 Å². The molecule has 34 heavy (non-hydrogen) atoms. The van der Waals surface area contributed by atoms with Gasteiger partial charge < -0.3 is 19.7 Å². The summed E-state index contributed by atoms with van der Waals surface area (Å²) in [5.74, 6) is 0.533. The zero-order valence-electron chi connectivity index (χ0n) is 20.5. The molecule has 6 rings (SSSR count). The minimum absolute atomic E-state index is 0.0871. The Morgan fingerprint density at radius 3 is 2.56 bits per heavy atom. The number of fused-ring (bicyclic) bond motifs is 4. The Labute approximate surface area is 201 Å². The standard InChI is InChI=1S/C28H36O6/c1-14-13-23(33-24(31)15(14)2)27(4)21-9-7-18-16-5-6-19-20(29)8-10-22(30)26(19,3)17(16)11-12-28(18,21)25(32)34-27/h6,8,10,16-18,20-21,23,25,29,32H,5,7,9,11-13H2,1-4H3/t16?,17?,18?,20-,21?,23?,25?,26+,27+,28?/m0/s1. The number of allylic oxidation sites excluding steroid dienone is 2. The van der Waals surface area contributed by atoms with Crippen LogP contribution < -0.4 is 0 Å². The zero-order chi connectivity index (χ0) is 24.2. The van der Waals surface area contributed by atoms with Gasteiger partial charge in [-0.2, -0.15) is 0 Å². The van der Waals surface area contributed by atoms with Gasteiger partial charge in [-0.3, -0.25) is 4.79 Å². The summed E-state index contributed by atoms with van der Waals surface area (Å²) in [4.78, 5) is 25.7. The van der Waals surface area contributed by atoms with Crippen LogP contribution >= 0.6 is 0 Å². The maximum Gasteiger partial charge on any atom is 0.334 e. The van der Waals surface area contributed by atoms with Crippen molar-refractivity contribution in [2.75, 3.05) is 0 Å². The third-order valence-corrected chi connectivity index (χ3v) is 11.1. The van der Waals surface area contributed by atoms with E-state index >= 15 is 0 Å². The van der Waals surface area contributed by atoms with E-state index in [0.717, 1.165) is 43.3 Å². The van der Waals surface area contributed by atoms with Crippen LogP contribution in [-0.2, 0) is 19.1 Å². The lowest BCUT2D eigenvalue weighted by atomic mass is 9.46. The summed E-state index contributed by atoms with van der Waals surface area (Å²) in [7, 11) is 0. The van der Waals surface area contributed by atoms with Crippen LogP contribution in [0.2, 0.25) is 0 Å². The second kappa shape index (κ2) is 7.14. The quantitative estimate of drug-likeness (QED) is 0.451. The van der Waals surface area contributed by atoms with E-state index in [0.29, 0.717) is 12.0 Å². The van der Waals surface area contributed by atoms with Gasteiger partial charge in [0.25, 0.3) is 0 Å². The molecule has 0 amide bonds. The van der Waals surface area contributed by atoms with Gasteiger partial charge in [0.1, 0.15) is 11.7 Å². The van der Waals surface area contributed by atoms with Crippen molar-refractivity contribution in [1.29, 1.82) is 0 Å². The Balaban J connectivity index is 1.36. The van der Waals surface area contributed by atoms with Crippen molar-refractivity contribution >= 4 is 11.8 Å². The monoisotopic (exact) mass is 468 g/mol. The fourth-order valence-corrected chi connectivity index (χ4v) is 9.17. The van der Waals surface area contributed by atoms with Gasteiger partial charge in [0.15, 0.2) is 12.1 Å². The van der Waals surface area contributed by atoms with Crippen molar-refractivity contribution in [2.24, 2.45) is 34.5 Å². The fourth-order valence-electron chi connectivity index (χ4n) is 9.17. The maximum absolute atomic E-state index is 13.2. The molecule has 6 nitrogen and oxygen atoms in total. The van der Waals surface area contributed by atoms with Crippen LogP contribution in [0.15, 0.2) is 34.9 Å². The molecule has 0 bridgehead atoms. The molecule has 7 unspecified atom stereocenters. The van der Waals surface area contributed by atoms with Crippen LogP contribution in [0.1, 0.15) is 66.2 Å². The lowest BCUT2D eigenvalue weighted by Gasteiger charge is -2.56. The molecule has 2 saturated carbocycles. The number of ether oxygens (including phenoxy) is 2. The minimum Gasteiger partial charge on any atom is -0.456 e. The van der Waals surface area contributed by atoms with Crippen molar-refractivity contribution in [3.05, 3.63) is 34.9 Å². The van der Waals surface area contributed by atoms with Crippen LogP contribution in [0, 0.1) is 34.5 Å². The van der Waals surface area contributed by atoms with Gasteiger partial charge in [-0.25, -0.2) is 4.79 Å². The second-order valence-corrected chi connectivity index (χ2v) is 12.1. The highest BCUT2D eigenvalue weighted by Crippen LogP contribution is 2.71. The number of ketones is 1. The van der Waals surface area contributed by atoms with E-state index in [4.69, 9.17) is 9.47 Å². The molecule has 10 atom stereocenters. The molecule has 1 saturated heterocycles. The largest absolute Gasteiger partial charge is 0.456 e. The zero-order valence-corrected chi connectivity index (χ0v) is 20.5. The SMILES string of the molecule is CC1=C(C)C(=O)OC([C@]2(C)OC(O)C34CCC5C(CC=C6[C@@H](O)C=CC(=O)[C@@]65C)C3CCC42)C1. The van der Waals surface area contributed by atoms with Gasteiger partial charge >= 0.3 is 5.97 Å². The molecule has 2 N–H and O–H groups in total. The Morgan fingerprint density at radius 2 is 1.82 bits per heavy atom. The molecule has 6 heteroatoms. The van der Waals surface area contributed by atoms with Crippen LogP contribution in [0.4, 0.5) is 0 Å². The van der Waals surface area contributed by atoms with E-state index in [1.165, 1.54) is 0 Å². The fraction of sp³-hybridized carbons (Fsp3) is 0.714. The Morgan fingerprint density at radius 1 is 1.06 bits per heavy atom. The summed E-state index contributed by atoms with van der Waals surface area (Å²) in [6, 6.07) is 0. The lowest BCUT2D eigenvalue weighted by molar-refractivity contribution is -0.215. The van der Waals surface area contributed by atoms with Crippen LogP contribution in [0.5, 0.6) is 0 Å². The topological polar surface area (TPSA) is 93.1 Å². The van der Waals surface area contributed by atoms with E-state index < -0.39 is 29.5 Å². The van der Waals surface area contributed by atoms with E-state index in [1.807, 2.05) is 20.8 Å². The van der Waals surface area contributed by atoms with Gasteiger partial charge in [-0.1, -0.05) is 11.6 Å². The molecule has 1 spiro atoms. The number of aliphatic hydroxyl groups is 2. The third-order valence-electron chi connectivity index (χ3n) is 11.1. The number of carbonyl (C=O) groups is 2. The van der Waals surface area contributed by atoms with Gasteiger partial charge in [0, 0.05) is 23.3 Å². The van der Waals surface area contributed by atoms with Crippen molar-refractivity contribution in [3.8, 4) is 0 Å². The normalized spacial score (nSPS) is 51.9. The van der Waals surface area contributed by atoms with E-state index in [2.05, 4.69) is 6.08 Å². The van der Waals surface area contributed by atoms with Crippen molar-refractivity contribution in [1.82, 2.24) is 0 Å². The van der Waals surface area contributed by atoms with E-state index in [1.54, 1.807) is 19.1 Å². The maximum atomic E-state index is 13.2. The molecule has 4 aliphatic carbocycles. The molecule has 3 fully saturated rings. The predicted molar refractivity (Wildman–Crippen MR) is 124 cm³/mol. The molecule has 6 aliphatic rings. The highest BCUT2D eigenvalue weighted by molar-refractivity contribution is 5.99. The van der Waals surface area contributed by atoms with Crippen LogP contribution in [-0.4, -0.2) is 46.1 Å². The highest BCUT2D eigenvalue weighted by atomic mass is 16.6. The number of esters is 1. The van der Waals surface area contributed by atoms with Crippen LogP contribution in [0.3, 0.4) is 0 Å². The molecule has 2 heterocycles. The molecule has 184 valence electrons. The first-order valence-corrected chi connectivity index (χ1v) is 12.9. The first-order chi connectivity index (χ1) is 16.0. The first kappa shape index (κ1) is 22.7. The number of aliphatic hydroxyl groups excluding tert-OH is 2. The van der Waals surface area contributed by atoms with Gasteiger partial charge in [0.2, 0.25) is 0 Å². The molecule has 2 aliphatic heterocycles. The summed E-state index contributed by atoms with van der Waals surface area (Å²) < 4.78 is 12.3. The van der Waals surface area contributed by atoms with Crippen molar-refractivity contribution < 1.29 is 29.3 Å². The Hall–Kier alpha value is -1.76. The average molecular weight is 469 g/mol. The number of carbonyl (C=O) groups excluding carboxylic acids is 2. The number of cyclic esters (lactones) is 1. The second-order valence-electron chi connectivity index (χ2n) is 12.1. The number of hydrogen-bond donors (Lipinski definition) is 2. The highest BCUT2D eigenvalue weighted by Gasteiger charge is 2.73. The van der Waals surface area contributed by atoms with Crippen molar-refractivity contribution in [3.63, 3.8) is 0 Å². The summed E-state index contributed by atoms with van der Waals surface area (Å²) in [6.45, 7) is 7.83. The predicted octanol–water partition coefficient (Wildman–Crippen LogP) is 3.62. The third kappa shape index (κ3) is 2.57. The van der Waals surface area contributed by atoms with E-state index in [9.17, 15) is 19.8 Å². The number of hydrogen-bond acceptors (Lipinski definition) is 6. The minimum atomic E-state index is -0.910. The van der Waals surface area contributed by atoms with Gasteiger partial charge in [-0.15, -0.1) is 0 Å². The summed E-state index contributed by atoms with van der Waals surface area (Å²) >= 11 is 0. The average Bonchev–Trinajstić information content (AvgIpc) is 3.30. The van der Waals surface area contributed by atoms with Crippen LogP contribution in [0.25, 0.3) is 0 Å². The lowest BCUT2D eigenvalue weighted by Crippen LogP contribution is -2.56. The molecule has 0 aromatic heterocycles. The molecular formula is C28H36O6. The van der Waals surface area contributed by atoms with Gasteiger partial charge in [-0.05, 0) is 95.3 Å². The Bertz CT molecular complexity index is 1060. The Kier molecular flexibility index (Phi) is 4.77. The molecule has 0 radical (unpaired) electrons. The summed E-state index contributed by atoms with van der Waals surface area (Å²) in [5, 5.41) is 22.1. The van der Waals surface area contributed by atoms with Gasteiger partial charge in [0.05, 0.1) is 11.5 Å². The summed E-state index contributed by atoms with van der Waals surface area (Å²) in [6.07, 6.45) is 8.19. The number of rotatable bonds is 1. The van der Waals surface area contributed by atoms with Crippen molar-refractivity contribution in [2.45, 2.75) is 90.3 Å². The first-order valence-electron chi connectivity index (χ1n) is 12.9.